The number of aliphatic hydroxyl groups excluding tert-OH is 7. The summed E-state index contributed by atoms with van der Waals surface area (Å²) in [6.45, 7) is 2.49. The Morgan fingerprint density at radius 1 is 0.471 bits per heavy atom. The maximum Gasteiger partial charge on any atom is 0.306 e. The van der Waals surface area contributed by atoms with Gasteiger partial charge in [-0.15, -0.1) is 0 Å². The lowest BCUT2D eigenvalue weighted by Gasteiger charge is -2.42. The molecule has 2 fully saturated rings. The summed E-state index contributed by atoms with van der Waals surface area (Å²) in [7, 11) is 0. The van der Waals surface area contributed by atoms with Crippen molar-refractivity contribution in [1.82, 2.24) is 0 Å². The first-order chi connectivity index (χ1) is 33.0. The largest absolute Gasteiger partial charge is 0.462 e. The molecular formula is C53H90O15. The van der Waals surface area contributed by atoms with Crippen LogP contribution in [0.15, 0.2) is 60.8 Å². The minimum atomic E-state index is -1.78. The molecule has 0 spiro atoms. The van der Waals surface area contributed by atoms with Crippen LogP contribution in [0.25, 0.3) is 0 Å². The Bertz CT molecular complexity index is 1420. The SMILES string of the molecule is CCCCC/C=C/C/C=C/C/C=C/C/C=C/CCCCCC(=O)O[C@H](COC(=O)CCCCC/C=C/CCCCCCCC)CO[C@H]1O[C@@H](CO[C@H]2O[C@@H](CO)[C@@H](O)C(O)C2O)[C@@H](O)C(O)C1O. The number of rotatable bonds is 39. The summed E-state index contributed by atoms with van der Waals surface area (Å²) in [5, 5.41) is 72.1. The smallest absolute Gasteiger partial charge is 0.306 e. The van der Waals surface area contributed by atoms with Gasteiger partial charge in [0.05, 0.1) is 19.8 Å². The first-order valence-electron chi connectivity index (χ1n) is 25.9. The zero-order valence-electron chi connectivity index (χ0n) is 41.3. The van der Waals surface area contributed by atoms with E-state index < -0.39 is 99.3 Å². The molecule has 2 aliphatic heterocycles. The number of carbonyl (C=O) groups excluding carboxylic acids is 2. The molecule has 68 heavy (non-hydrogen) atoms. The summed E-state index contributed by atoms with van der Waals surface area (Å²) in [5.74, 6) is -0.984. The molecule has 0 bridgehead atoms. The van der Waals surface area contributed by atoms with Crippen LogP contribution in [0.3, 0.4) is 0 Å². The fourth-order valence-corrected chi connectivity index (χ4v) is 7.66. The fourth-order valence-electron chi connectivity index (χ4n) is 7.66. The molecule has 0 aliphatic carbocycles. The molecule has 7 N–H and O–H groups in total. The maximum atomic E-state index is 13.0. The van der Waals surface area contributed by atoms with Crippen LogP contribution in [0.4, 0.5) is 0 Å². The average Bonchev–Trinajstić information content (AvgIpc) is 3.33. The Labute approximate surface area is 407 Å². The predicted octanol–water partition coefficient (Wildman–Crippen LogP) is 7.27. The van der Waals surface area contributed by atoms with Crippen molar-refractivity contribution in [1.29, 1.82) is 0 Å². The second kappa shape index (κ2) is 39.9. The van der Waals surface area contributed by atoms with E-state index in [9.17, 15) is 45.3 Å². The lowest BCUT2D eigenvalue weighted by Crippen LogP contribution is -2.61. The number of hydrogen-bond donors (Lipinski definition) is 7. The second-order valence-electron chi connectivity index (χ2n) is 18.0. The van der Waals surface area contributed by atoms with Gasteiger partial charge in [0, 0.05) is 12.8 Å². The molecule has 392 valence electrons. The standard InChI is InChI=1S/C53H90O15/c1-3-5-7-9-11-13-15-17-18-19-20-21-22-24-26-28-30-32-34-36-45(56)66-41(38-63-44(55)35-33-31-29-27-25-23-16-14-12-10-8-6-4-2)39-64-52-51(62)49(60)47(58)43(68-52)40-65-53-50(61)48(59)46(57)42(37-54)67-53/h11,13,17-18,20-21,23-26,41-43,46-54,57-62H,3-10,12,14-16,19,22,27-40H2,1-2H3/b13-11+,18-17+,21-20+,25-23+,26-24+/t41-,42+,43+,46-,47-,48?,49?,50?,51?,52+,53+/m1/s1. The second-order valence-corrected chi connectivity index (χ2v) is 18.0. The van der Waals surface area contributed by atoms with Gasteiger partial charge in [-0.1, -0.05) is 132 Å². The zero-order chi connectivity index (χ0) is 49.6. The van der Waals surface area contributed by atoms with Gasteiger partial charge in [-0.3, -0.25) is 9.59 Å². The third-order valence-electron chi connectivity index (χ3n) is 12.0. The van der Waals surface area contributed by atoms with Crippen LogP contribution in [0.2, 0.25) is 0 Å². The van der Waals surface area contributed by atoms with Crippen LogP contribution in [-0.2, 0) is 38.0 Å². The van der Waals surface area contributed by atoms with E-state index in [0.717, 1.165) is 70.6 Å². The molecular weight excluding hydrogens is 877 g/mol. The van der Waals surface area contributed by atoms with Crippen molar-refractivity contribution in [3.05, 3.63) is 60.8 Å². The van der Waals surface area contributed by atoms with Crippen LogP contribution in [0.5, 0.6) is 0 Å². The molecule has 0 saturated carbocycles. The van der Waals surface area contributed by atoms with E-state index in [2.05, 4.69) is 74.6 Å². The highest BCUT2D eigenvalue weighted by Gasteiger charge is 2.47. The van der Waals surface area contributed by atoms with E-state index in [1.54, 1.807) is 0 Å². The Hall–Kier alpha value is -2.80. The summed E-state index contributed by atoms with van der Waals surface area (Å²) in [6, 6.07) is 0. The highest BCUT2D eigenvalue weighted by Crippen LogP contribution is 2.26. The van der Waals surface area contributed by atoms with Gasteiger partial charge in [-0.25, -0.2) is 0 Å². The molecule has 2 aliphatic rings. The van der Waals surface area contributed by atoms with Gasteiger partial charge in [0.15, 0.2) is 18.7 Å². The van der Waals surface area contributed by atoms with E-state index >= 15 is 0 Å². The van der Waals surface area contributed by atoms with Crippen molar-refractivity contribution in [2.24, 2.45) is 0 Å². The third kappa shape index (κ3) is 27.6. The third-order valence-corrected chi connectivity index (χ3v) is 12.0. The van der Waals surface area contributed by atoms with E-state index in [1.807, 2.05) is 0 Å². The Morgan fingerprint density at radius 2 is 0.882 bits per heavy atom. The molecule has 0 aromatic rings. The molecule has 2 rings (SSSR count). The molecule has 0 amide bonds. The van der Waals surface area contributed by atoms with Gasteiger partial charge >= 0.3 is 11.9 Å². The summed E-state index contributed by atoms with van der Waals surface area (Å²) < 4.78 is 33.5. The van der Waals surface area contributed by atoms with Gasteiger partial charge in [0.2, 0.25) is 0 Å². The molecule has 2 saturated heterocycles. The summed E-state index contributed by atoms with van der Waals surface area (Å²) >= 11 is 0. The topological polar surface area (TPSA) is 231 Å². The molecule has 15 nitrogen and oxygen atoms in total. The first-order valence-corrected chi connectivity index (χ1v) is 25.9. The van der Waals surface area contributed by atoms with Crippen LogP contribution < -0.4 is 0 Å². The van der Waals surface area contributed by atoms with E-state index in [0.29, 0.717) is 12.8 Å². The Morgan fingerprint density at radius 3 is 1.43 bits per heavy atom. The predicted molar refractivity (Wildman–Crippen MR) is 261 cm³/mol. The first kappa shape index (κ1) is 61.3. The monoisotopic (exact) mass is 967 g/mol. The van der Waals surface area contributed by atoms with Gasteiger partial charge in [-0.05, 0) is 83.5 Å². The molecule has 2 heterocycles. The van der Waals surface area contributed by atoms with Crippen molar-refractivity contribution in [2.75, 3.05) is 26.4 Å². The molecule has 0 aromatic heterocycles. The Kier molecular flexibility index (Phi) is 36.0. The molecule has 4 unspecified atom stereocenters. The number of unbranched alkanes of at least 4 members (excludes halogenated alkanes) is 15. The van der Waals surface area contributed by atoms with Crippen molar-refractivity contribution in [2.45, 2.75) is 235 Å². The molecule has 0 radical (unpaired) electrons. The minimum absolute atomic E-state index is 0.122. The number of carbonyl (C=O) groups is 2. The lowest BCUT2D eigenvalue weighted by atomic mass is 9.98. The van der Waals surface area contributed by atoms with Gasteiger partial charge in [0.25, 0.3) is 0 Å². The fraction of sp³-hybridized carbons (Fsp3) is 0.774. The summed E-state index contributed by atoms with van der Waals surface area (Å²) in [4.78, 5) is 25.7. The van der Waals surface area contributed by atoms with Crippen molar-refractivity contribution < 1.29 is 73.8 Å². The molecule has 15 heteroatoms. The van der Waals surface area contributed by atoms with Crippen molar-refractivity contribution >= 4 is 11.9 Å². The van der Waals surface area contributed by atoms with Crippen LogP contribution in [0.1, 0.15) is 168 Å². The van der Waals surface area contributed by atoms with Crippen molar-refractivity contribution in [3.63, 3.8) is 0 Å². The quantitative estimate of drug-likeness (QED) is 0.0183. The van der Waals surface area contributed by atoms with Crippen LogP contribution in [0, 0.1) is 0 Å². The van der Waals surface area contributed by atoms with E-state index in [-0.39, 0.29) is 19.4 Å². The van der Waals surface area contributed by atoms with E-state index in [1.165, 1.54) is 57.8 Å². The number of esters is 2. The maximum absolute atomic E-state index is 13.0. The highest BCUT2D eigenvalue weighted by molar-refractivity contribution is 5.70. The number of allylic oxidation sites excluding steroid dienone is 10. The van der Waals surface area contributed by atoms with Crippen LogP contribution in [-0.4, -0.2) is 142 Å². The van der Waals surface area contributed by atoms with Crippen LogP contribution >= 0.6 is 0 Å². The van der Waals surface area contributed by atoms with E-state index in [4.69, 9.17) is 28.4 Å². The normalized spacial score (nSPS) is 26.2. The van der Waals surface area contributed by atoms with Gasteiger partial charge in [-0.2, -0.15) is 0 Å². The Balaban J connectivity index is 1.83. The van der Waals surface area contributed by atoms with Gasteiger partial charge in [0.1, 0.15) is 55.4 Å². The van der Waals surface area contributed by atoms with Crippen molar-refractivity contribution in [3.8, 4) is 0 Å². The molecule has 11 atom stereocenters. The number of ether oxygens (including phenoxy) is 6. The zero-order valence-corrected chi connectivity index (χ0v) is 41.3. The summed E-state index contributed by atoms with van der Waals surface area (Å²) in [6.07, 6.45) is 28.2. The number of hydrogen-bond acceptors (Lipinski definition) is 15. The highest BCUT2D eigenvalue weighted by atomic mass is 16.7. The average molecular weight is 967 g/mol. The minimum Gasteiger partial charge on any atom is -0.462 e. The number of aliphatic hydroxyl groups is 7. The van der Waals surface area contributed by atoms with Gasteiger partial charge < -0.3 is 64.2 Å². The molecule has 0 aromatic carbocycles. The lowest BCUT2D eigenvalue weighted by molar-refractivity contribution is -0.332. The summed E-state index contributed by atoms with van der Waals surface area (Å²) in [5.41, 5.74) is 0.